The molecule has 2 N–H and O–H groups in total. The molecule has 0 saturated heterocycles. The average molecular weight is 266 g/mol. The molecule has 100 valence electrons. The highest BCUT2D eigenvalue weighted by atomic mass is 32.2. The number of fused-ring (bicyclic) bond motifs is 1. The molecular weight excluding hydrogens is 244 g/mol. The SMILES string of the molecule is CSCCC(C)NC1CCCc2[nH]c(=O)ccc21. The number of hydrogen-bond acceptors (Lipinski definition) is 3. The molecule has 1 aromatic heterocycles. The van der Waals surface area contributed by atoms with Crippen molar-refractivity contribution in [3.63, 3.8) is 0 Å². The molecule has 0 aromatic carbocycles. The summed E-state index contributed by atoms with van der Waals surface area (Å²) in [7, 11) is 0. The van der Waals surface area contributed by atoms with Gasteiger partial charge in [-0.05, 0) is 50.2 Å². The molecule has 18 heavy (non-hydrogen) atoms. The highest BCUT2D eigenvalue weighted by molar-refractivity contribution is 7.98. The highest BCUT2D eigenvalue weighted by Gasteiger charge is 2.21. The molecule has 0 bridgehead atoms. The summed E-state index contributed by atoms with van der Waals surface area (Å²) in [5.74, 6) is 1.19. The third kappa shape index (κ3) is 3.39. The molecule has 2 atom stereocenters. The van der Waals surface area contributed by atoms with Crippen molar-refractivity contribution in [2.24, 2.45) is 0 Å². The van der Waals surface area contributed by atoms with Crippen LogP contribution in [0.1, 0.15) is 43.5 Å². The molecule has 2 unspecified atom stereocenters. The molecule has 0 saturated carbocycles. The van der Waals surface area contributed by atoms with Crippen LogP contribution in [0.3, 0.4) is 0 Å². The van der Waals surface area contributed by atoms with E-state index in [2.05, 4.69) is 23.5 Å². The lowest BCUT2D eigenvalue weighted by Gasteiger charge is -2.28. The third-order valence-electron chi connectivity index (χ3n) is 3.57. The Kier molecular flexibility index (Phi) is 4.89. The van der Waals surface area contributed by atoms with Gasteiger partial charge < -0.3 is 10.3 Å². The fraction of sp³-hybridized carbons (Fsp3) is 0.643. The van der Waals surface area contributed by atoms with Gasteiger partial charge in [-0.25, -0.2) is 0 Å². The minimum Gasteiger partial charge on any atom is -0.326 e. The largest absolute Gasteiger partial charge is 0.326 e. The minimum absolute atomic E-state index is 0.0184. The molecule has 0 radical (unpaired) electrons. The van der Waals surface area contributed by atoms with Crippen molar-refractivity contribution in [2.75, 3.05) is 12.0 Å². The summed E-state index contributed by atoms with van der Waals surface area (Å²) in [5.41, 5.74) is 2.44. The smallest absolute Gasteiger partial charge is 0.248 e. The standard InChI is InChI=1S/C14H22N2OS/c1-10(8-9-18-2)15-12-4-3-5-13-11(12)6-7-14(17)16-13/h6-7,10,12,15H,3-5,8-9H2,1-2H3,(H,16,17). The molecule has 1 aliphatic carbocycles. The fourth-order valence-corrected chi connectivity index (χ4v) is 3.18. The van der Waals surface area contributed by atoms with Crippen LogP contribution in [0.15, 0.2) is 16.9 Å². The predicted octanol–water partition coefficient (Wildman–Crippen LogP) is 2.48. The predicted molar refractivity (Wildman–Crippen MR) is 78.3 cm³/mol. The van der Waals surface area contributed by atoms with Crippen LogP contribution >= 0.6 is 11.8 Å². The van der Waals surface area contributed by atoms with Crippen molar-refractivity contribution < 1.29 is 0 Å². The number of H-pyrrole nitrogens is 1. The van der Waals surface area contributed by atoms with Crippen molar-refractivity contribution in [1.82, 2.24) is 10.3 Å². The van der Waals surface area contributed by atoms with Crippen molar-refractivity contribution in [1.29, 1.82) is 0 Å². The second kappa shape index (κ2) is 6.43. The molecular formula is C14H22N2OS. The minimum atomic E-state index is 0.0184. The van der Waals surface area contributed by atoms with Crippen LogP contribution < -0.4 is 10.9 Å². The number of hydrogen-bond donors (Lipinski definition) is 2. The maximum atomic E-state index is 11.3. The first-order valence-electron chi connectivity index (χ1n) is 6.68. The summed E-state index contributed by atoms with van der Waals surface area (Å²) >= 11 is 1.89. The lowest BCUT2D eigenvalue weighted by molar-refractivity contribution is 0.400. The summed E-state index contributed by atoms with van der Waals surface area (Å²) < 4.78 is 0. The molecule has 4 heteroatoms. The van der Waals surface area contributed by atoms with Crippen molar-refractivity contribution in [3.8, 4) is 0 Å². The quantitative estimate of drug-likeness (QED) is 0.860. The van der Waals surface area contributed by atoms with E-state index in [-0.39, 0.29) is 5.56 Å². The first-order valence-corrected chi connectivity index (χ1v) is 8.07. The van der Waals surface area contributed by atoms with Crippen molar-refractivity contribution >= 4 is 11.8 Å². The van der Waals surface area contributed by atoms with Gasteiger partial charge in [-0.2, -0.15) is 11.8 Å². The lowest BCUT2D eigenvalue weighted by atomic mass is 9.90. The maximum absolute atomic E-state index is 11.3. The fourth-order valence-electron chi connectivity index (χ4n) is 2.59. The molecule has 0 aliphatic heterocycles. The maximum Gasteiger partial charge on any atom is 0.248 e. The van der Waals surface area contributed by atoms with Crippen LogP contribution in [-0.4, -0.2) is 23.0 Å². The second-order valence-corrected chi connectivity index (χ2v) is 6.04. The van der Waals surface area contributed by atoms with E-state index in [1.807, 2.05) is 17.8 Å². The van der Waals surface area contributed by atoms with E-state index < -0.39 is 0 Å². The van der Waals surface area contributed by atoms with E-state index in [0.29, 0.717) is 12.1 Å². The Morgan fingerprint density at radius 1 is 1.56 bits per heavy atom. The van der Waals surface area contributed by atoms with E-state index in [1.54, 1.807) is 6.07 Å². The molecule has 0 spiro atoms. The van der Waals surface area contributed by atoms with Gasteiger partial charge in [0.1, 0.15) is 0 Å². The molecule has 3 nitrogen and oxygen atoms in total. The second-order valence-electron chi connectivity index (χ2n) is 5.05. The Labute approximate surface area is 113 Å². The monoisotopic (exact) mass is 266 g/mol. The Hall–Kier alpha value is -0.740. The molecule has 0 fully saturated rings. The summed E-state index contributed by atoms with van der Waals surface area (Å²) in [6, 6.07) is 4.57. The van der Waals surface area contributed by atoms with Crippen LogP contribution in [0.2, 0.25) is 0 Å². The number of aryl methyl sites for hydroxylation is 1. The van der Waals surface area contributed by atoms with Crippen molar-refractivity contribution in [2.45, 2.75) is 44.7 Å². The van der Waals surface area contributed by atoms with Gasteiger partial charge in [-0.15, -0.1) is 0 Å². The van der Waals surface area contributed by atoms with E-state index in [4.69, 9.17) is 0 Å². The topological polar surface area (TPSA) is 44.9 Å². The first kappa shape index (κ1) is 13.7. The average Bonchev–Trinajstić information content (AvgIpc) is 2.36. The van der Waals surface area contributed by atoms with Gasteiger partial charge in [-0.3, -0.25) is 4.79 Å². The van der Waals surface area contributed by atoms with Gasteiger partial charge in [-0.1, -0.05) is 6.07 Å². The zero-order valence-corrected chi connectivity index (χ0v) is 12.0. The Bertz CT molecular complexity index is 444. The molecule has 1 aromatic rings. The molecule has 1 heterocycles. The Morgan fingerprint density at radius 3 is 3.17 bits per heavy atom. The summed E-state index contributed by atoms with van der Waals surface area (Å²) in [6.07, 6.45) is 6.66. The van der Waals surface area contributed by atoms with Gasteiger partial charge in [0.15, 0.2) is 0 Å². The lowest BCUT2D eigenvalue weighted by Crippen LogP contribution is -2.34. The van der Waals surface area contributed by atoms with Gasteiger partial charge in [0.2, 0.25) is 5.56 Å². The van der Waals surface area contributed by atoms with Gasteiger partial charge >= 0.3 is 0 Å². The number of thioether (sulfide) groups is 1. The third-order valence-corrected chi connectivity index (χ3v) is 4.22. The van der Waals surface area contributed by atoms with Crippen LogP contribution in [-0.2, 0) is 6.42 Å². The van der Waals surface area contributed by atoms with Gasteiger partial charge in [0.05, 0.1) is 0 Å². The first-order chi connectivity index (χ1) is 8.70. The molecule has 1 aliphatic rings. The van der Waals surface area contributed by atoms with E-state index >= 15 is 0 Å². The summed E-state index contributed by atoms with van der Waals surface area (Å²) in [5, 5.41) is 3.69. The number of nitrogens with one attached hydrogen (secondary N) is 2. The molecule has 2 rings (SSSR count). The Balaban J connectivity index is 2.05. The van der Waals surface area contributed by atoms with Crippen LogP contribution in [0.25, 0.3) is 0 Å². The highest BCUT2D eigenvalue weighted by Crippen LogP contribution is 2.28. The normalized spacial score (nSPS) is 20.4. The summed E-state index contributed by atoms with van der Waals surface area (Å²) in [6.45, 7) is 2.25. The van der Waals surface area contributed by atoms with Gasteiger partial charge in [0, 0.05) is 23.8 Å². The van der Waals surface area contributed by atoms with Crippen LogP contribution in [0.4, 0.5) is 0 Å². The van der Waals surface area contributed by atoms with E-state index in [9.17, 15) is 4.79 Å². The zero-order chi connectivity index (χ0) is 13.0. The summed E-state index contributed by atoms with van der Waals surface area (Å²) in [4.78, 5) is 14.3. The number of pyridine rings is 1. The Morgan fingerprint density at radius 2 is 2.39 bits per heavy atom. The number of aromatic amines is 1. The number of aromatic nitrogens is 1. The van der Waals surface area contributed by atoms with Crippen LogP contribution in [0.5, 0.6) is 0 Å². The van der Waals surface area contributed by atoms with Gasteiger partial charge in [0.25, 0.3) is 0 Å². The molecule has 0 amide bonds. The van der Waals surface area contributed by atoms with E-state index in [0.717, 1.165) is 18.5 Å². The number of rotatable bonds is 5. The zero-order valence-electron chi connectivity index (χ0n) is 11.2. The van der Waals surface area contributed by atoms with Crippen LogP contribution in [0, 0.1) is 0 Å². The van der Waals surface area contributed by atoms with E-state index in [1.165, 1.54) is 24.2 Å². The van der Waals surface area contributed by atoms with Crippen molar-refractivity contribution in [3.05, 3.63) is 33.7 Å².